The molecule has 0 radical (unpaired) electrons. The second-order valence-electron chi connectivity index (χ2n) is 8.28. The van der Waals surface area contributed by atoms with E-state index in [0.717, 1.165) is 36.3 Å². The van der Waals surface area contributed by atoms with E-state index < -0.39 is 11.7 Å². The van der Waals surface area contributed by atoms with E-state index in [-0.39, 0.29) is 23.6 Å². The fourth-order valence-electron chi connectivity index (χ4n) is 4.27. The van der Waals surface area contributed by atoms with Crippen LogP contribution in [0.1, 0.15) is 51.5 Å². The van der Waals surface area contributed by atoms with Crippen molar-refractivity contribution in [2.45, 2.75) is 31.1 Å². The molecule has 1 N–H and O–H groups in total. The number of aromatic nitrogens is 1. The Morgan fingerprint density at radius 2 is 1.71 bits per heavy atom. The Balaban J connectivity index is 1.42. The molecule has 3 aromatic rings. The van der Waals surface area contributed by atoms with E-state index in [4.69, 9.17) is 5.26 Å². The molecule has 4 rings (SSSR count). The number of carbonyl (C=O) groups is 1. The van der Waals surface area contributed by atoms with Crippen LogP contribution in [0.15, 0.2) is 73.1 Å². The van der Waals surface area contributed by atoms with Crippen molar-refractivity contribution in [2.24, 2.45) is 0 Å². The van der Waals surface area contributed by atoms with Crippen molar-refractivity contribution in [3.8, 4) is 6.07 Å². The number of halogens is 3. The van der Waals surface area contributed by atoms with Gasteiger partial charge >= 0.3 is 6.18 Å². The van der Waals surface area contributed by atoms with Gasteiger partial charge in [0.15, 0.2) is 0 Å². The van der Waals surface area contributed by atoms with Crippen molar-refractivity contribution >= 4 is 5.91 Å². The Hall–Kier alpha value is -3.70. The molecule has 5 nitrogen and oxygen atoms in total. The lowest BCUT2D eigenvalue weighted by atomic mass is 9.94. The number of amides is 1. The van der Waals surface area contributed by atoms with Crippen molar-refractivity contribution < 1.29 is 18.0 Å². The van der Waals surface area contributed by atoms with Gasteiger partial charge in [0, 0.05) is 37.1 Å². The third-order valence-electron chi connectivity index (χ3n) is 6.06. The summed E-state index contributed by atoms with van der Waals surface area (Å²) in [6.07, 6.45) is 0.546. The van der Waals surface area contributed by atoms with Crippen LogP contribution in [0, 0.1) is 11.3 Å². The summed E-state index contributed by atoms with van der Waals surface area (Å²) in [7, 11) is 0. The molecule has 174 valence electrons. The number of nitrogens with one attached hydrogen (secondary N) is 1. The smallest absolute Gasteiger partial charge is 0.349 e. The number of hydrogen-bond acceptors (Lipinski definition) is 4. The number of benzene rings is 2. The van der Waals surface area contributed by atoms with Crippen molar-refractivity contribution in [3.05, 3.63) is 101 Å². The van der Waals surface area contributed by atoms with Crippen molar-refractivity contribution in [3.63, 3.8) is 0 Å². The number of piperidine rings is 1. The monoisotopic (exact) mass is 464 g/mol. The maximum Gasteiger partial charge on any atom is 0.416 e. The predicted molar refractivity (Wildman–Crippen MR) is 121 cm³/mol. The molecule has 1 atom stereocenters. The van der Waals surface area contributed by atoms with E-state index in [0.29, 0.717) is 18.4 Å². The molecule has 1 saturated heterocycles. The number of nitrogens with zero attached hydrogens (tertiary/aromatic N) is 3. The molecular formula is C26H23F3N4O. The molecule has 0 spiro atoms. The zero-order valence-electron chi connectivity index (χ0n) is 18.3. The van der Waals surface area contributed by atoms with Crippen LogP contribution in [0.5, 0.6) is 0 Å². The number of pyridine rings is 1. The highest BCUT2D eigenvalue weighted by Crippen LogP contribution is 2.31. The number of rotatable bonds is 5. The lowest BCUT2D eigenvalue weighted by Gasteiger charge is -2.38. The van der Waals surface area contributed by atoms with Gasteiger partial charge in [-0.3, -0.25) is 14.7 Å². The average Bonchev–Trinajstić information content (AvgIpc) is 2.86. The molecule has 34 heavy (non-hydrogen) atoms. The number of likely N-dealkylation sites (tertiary alicyclic amines) is 1. The van der Waals surface area contributed by atoms with Gasteiger partial charge in [-0.15, -0.1) is 0 Å². The van der Waals surface area contributed by atoms with Crippen molar-refractivity contribution in [1.29, 1.82) is 5.26 Å². The first-order chi connectivity index (χ1) is 16.3. The van der Waals surface area contributed by atoms with Gasteiger partial charge in [-0.25, -0.2) is 0 Å². The molecule has 0 bridgehead atoms. The van der Waals surface area contributed by atoms with Crippen LogP contribution in [0.3, 0.4) is 0 Å². The number of carbonyl (C=O) groups excluding carboxylic acids is 1. The maximum absolute atomic E-state index is 12.8. The number of alkyl halides is 3. The first-order valence-corrected chi connectivity index (χ1v) is 11.0. The molecule has 2 heterocycles. The molecule has 1 aliphatic heterocycles. The zero-order valence-corrected chi connectivity index (χ0v) is 18.3. The summed E-state index contributed by atoms with van der Waals surface area (Å²) in [6, 6.07) is 17.7. The highest BCUT2D eigenvalue weighted by atomic mass is 19.4. The van der Waals surface area contributed by atoms with Gasteiger partial charge in [-0.2, -0.15) is 18.4 Å². The molecule has 0 aliphatic carbocycles. The number of nitriles is 1. The lowest BCUT2D eigenvalue weighted by Crippen LogP contribution is -2.45. The first kappa shape index (κ1) is 23.5. The van der Waals surface area contributed by atoms with Gasteiger partial charge in [-0.05, 0) is 66.4 Å². The minimum Gasteiger partial charge on any atom is -0.349 e. The zero-order chi connectivity index (χ0) is 24.1. The molecule has 1 aromatic heterocycles. The number of hydrogen-bond donors (Lipinski definition) is 1. The highest BCUT2D eigenvalue weighted by Gasteiger charge is 2.31. The van der Waals surface area contributed by atoms with E-state index in [1.807, 2.05) is 30.5 Å². The summed E-state index contributed by atoms with van der Waals surface area (Å²) >= 11 is 0. The van der Waals surface area contributed by atoms with Crippen LogP contribution in [0.4, 0.5) is 13.2 Å². The quantitative estimate of drug-likeness (QED) is 0.580. The summed E-state index contributed by atoms with van der Waals surface area (Å²) < 4.78 is 38.3. The molecular weight excluding hydrogens is 441 g/mol. The summed E-state index contributed by atoms with van der Waals surface area (Å²) in [5.74, 6) is -0.372. The van der Waals surface area contributed by atoms with E-state index in [1.54, 1.807) is 18.3 Å². The summed E-state index contributed by atoms with van der Waals surface area (Å²) in [6.45, 7) is 1.44. The summed E-state index contributed by atoms with van der Waals surface area (Å²) in [4.78, 5) is 19.1. The third-order valence-corrected chi connectivity index (χ3v) is 6.06. The Morgan fingerprint density at radius 1 is 1.03 bits per heavy atom. The third kappa shape index (κ3) is 5.43. The molecule has 2 aromatic carbocycles. The molecule has 1 unspecified atom stereocenters. The lowest BCUT2D eigenvalue weighted by molar-refractivity contribution is -0.137. The normalized spacial score (nSPS) is 15.9. The van der Waals surface area contributed by atoms with Gasteiger partial charge in [0.1, 0.15) is 0 Å². The van der Waals surface area contributed by atoms with Crippen molar-refractivity contribution in [1.82, 2.24) is 15.2 Å². The molecule has 1 fully saturated rings. The van der Waals surface area contributed by atoms with Crippen LogP contribution in [0.2, 0.25) is 0 Å². The van der Waals surface area contributed by atoms with Crippen molar-refractivity contribution in [2.75, 3.05) is 13.1 Å². The Bertz CT molecular complexity index is 1150. The van der Waals surface area contributed by atoms with Crippen LogP contribution < -0.4 is 5.32 Å². The Morgan fingerprint density at radius 3 is 2.26 bits per heavy atom. The standard InChI is InChI=1S/C26H23F3N4O/c27-26(28,29)22-9-7-20(8-10-22)25(34)32-23-11-14-33(15-12-23)24(21-2-1-13-31-17-21)19-5-3-18(16-30)4-6-19/h1-10,13,17,23-24H,11-12,14-15H2,(H,32,34). The fourth-order valence-corrected chi connectivity index (χ4v) is 4.27. The molecule has 0 saturated carbocycles. The van der Waals surface area contributed by atoms with E-state index in [9.17, 15) is 18.0 Å². The average molecular weight is 464 g/mol. The molecule has 8 heteroatoms. The van der Waals surface area contributed by atoms with Gasteiger partial charge in [-0.1, -0.05) is 18.2 Å². The van der Waals surface area contributed by atoms with Crippen LogP contribution in [-0.4, -0.2) is 34.9 Å². The van der Waals surface area contributed by atoms with E-state index >= 15 is 0 Å². The van der Waals surface area contributed by atoms with Gasteiger partial charge in [0.05, 0.1) is 23.2 Å². The topological polar surface area (TPSA) is 69.0 Å². The van der Waals surface area contributed by atoms with E-state index in [1.165, 1.54) is 12.1 Å². The summed E-state index contributed by atoms with van der Waals surface area (Å²) in [5, 5.41) is 12.1. The highest BCUT2D eigenvalue weighted by molar-refractivity contribution is 5.94. The molecule has 1 amide bonds. The minimum atomic E-state index is -4.43. The minimum absolute atomic E-state index is 0.0343. The van der Waals surface area contributed by atoms with Gasteiger partial charge in [0.25, 0.3) is 5.91 Å². The summed E-state index contributed by atoms with van der Waals surface area (Å²) in [5.41, 5.74) is 2.12. The van der Waals surface area contributed by atoms with Crippen LogP contribution >= 0.6 is 0 Å². The van der Waals surface area contributed by atoms with Crippen LogP contribution in [-0.2, 0) is 6.18 Å². The Kier molecular flexibility index (Phi) is 6.94. The Labute approximate surface area is 195 Å². The van der Waals surface area contributed by atoms with Crippen LogP contribution in [0.25, 0.3) is 0 Å². The fraction of sp³-hybridized carbons (Fsp3) is 0.269. The van der Waals surface area contributed by atoms with Gasteiger partial charge in [0.2, 0.25) is 0 Å². The predicted octanol–water partition coefficient (Wildman–Crippen LogP) is 4.96. The second-order valence-corrected chi connectivity index (χ2v) is 8.28. The second kappa shape index (κ2) is 10.1. The maximum atomic E-state index is 12.8. The molecule has 1 aliphatic rings. The first-order valence-electron chi connectivity index (χ1n) is 11.0. The SMILES string of the molecule is N#Cc1ccc(C(c2cccnc2)N2CCC(NC(=O)c3ccc(C(F)(F)F)cc3)CC2)cc1. The van der Waals surface area contributed by atoms with E-state index in [2.05, 4.69) is 21.3 Å². The van der Waals surface area contributed by atoms with Gasteiger partial charge < -0.3 is 5.32 Å². The largest absolute Gasteiger partial charge is 0.416 e.